The van der Waals surface area contributed by atoms with E-state index >= 15 is 0 Å². The van der Waals surface area contributed by atoms with Gasteiger partial charge in [0.2, 0.25) is 0 Å². The largest absolute Gasteiger partial charge is 0.350 e. The lowest BCUT2D eigenvalue weighted by Gasteiger charge is -2.24. The predicted octanol–water partition coefficient (Wildman–Crippen LogP) is 2.71. The molecule has 0 aromatic carbocycles. The van der Waals surface area contributed by atoms with Crippen molar-refractivity contribution >= 4 is 28.3 Å². The van der Waals surface area contributed by atoms with E-state index in [4.69, 9.17) is 0 Å². The van der Waals surface area contributed by atoms with Crippen molar-refractivity contribution in [1.29, 1.82) is 0 Å². The van der Waals surface area contributed by atoms with Gasteiger partial charge in [-0.05, 0) is 61.3 Å². The van der Waals surface area contributed by atoms with E-state index in [0.29, 0.717) is 18.7 Å². The van der Waals surface area contributed by atoms with Crippen molar-refractivity contribution in [2.75, 3.05) is 20.6 Å². The lowest BCUT2D eigenvalue weighted by molar-refractivity contribution is 0.0943. The number of hydrogen-bond donors (Lipinski definition) is 2. The smallest absolute Gasteiger partial charge is 0.330 e. The van der Waals surface area contributed by atoms with Crippen LogP contribution < -0.4 is 16.6 Å². The molecule has 0 aliphatic heterocycles. The van der Waals surface area contributed by atoms with E-state index in [9.17, 15) is 14.4 Å². The van der Waals surface area contributed by atoms with Crippen molar-refractivity contribution in [1.82, 2.24) is 24.8 Å². The average molecular weight is 456 g/mol. The minimum Gasteiger partial charge on any atom is -0.350 e. The molecular formula is C23H29N5O3S. The van der Waals surface area contributed by atoms with Gasteiger partial charge in [0.15, 0.2) is 5.65 Å². The molecule has 0 spiro atoms. The highest BCUT2D eigenvalue weighted by molar-refractivity contribution is 7.08. The Labute approximate surface area is 190 Å². The van der Waals surface area contributed by atoms with Crippen molar-refractivity contribution in [2.24, 2.45) is 5.92 Å². The van der Waals surface area contributed by atoms with Crippen LogP contribution >= 0.6 is 11.3 Å². The number of fused-ring (bicyclic) bond motifs is 1. The van der Waals surface area contributed by atoms with Crippen LogP contribution in [0.2, 0.25) is 0 Å². The van der Waals surface area contributed by atoms with Gasteiger partial charge in [-0.3, -0.25) is 19.1 Å². The number of amides is 1. The van der Waals surface area contributed by atoms with Gasteiger partial charge in [0.25, 0.3) is 11.5 Å². The zero-order chi connectivity index (χ0) is 23.0. The van der Waals surface area contributed by atoms with Crippen molar-refractivity contribution in [3.05, 3.63) is 60.6 Å². The van der Waals surface area contributed by atoms with E-state index in [1.54, 1.807) is 17.4 Å². The number of hydrogen-bond acceptors (Lipinski definition) is 6. The molecular weight excluding hydrogens is 426 g/mol. The summed E-state index contributed by atoms with van der Waals surface area (Å²) in [6.45, 7) is 4.80. The molecule has 3 aromatic heterocycles. The fourth-order valence-corrected chi connectivity index (χ4v) is 4.65. The highest BCUT2D eigenvalue weighted by atomic mass is 32.1. The Balaban J connectivity index is 1.76. The van der Waals surface area contributed by atoms with Crippen LogP contribution in [0.4, 0.5) is 0 Å². The third-order valence-corrected chi connectivity index (χ3v) is 6.47. The molecule has 32 heavy (non-hydrogen) atoms. The Hall–Kier alpha value is -2.78. The van der Waals surface area contributed by atoms with Gasteiger partial charge in [0, 0.05) is 24.7 Å². The molecule has 1 fully saturated rings. The zero-order valence-electron chi connectivity index (χ0n) is 18.8. The minimum absolute atomic E-state index is 0.0126. The molecule has 1 aliphatic carbocycles. The Kier molecular flexibility index (Phi) is 6.30. The lowest BCUT2D eigenvalue weighted by Crippen LogP contribution is -2.36. The second kappa shape index (κ2) is 8.99. The summed E-state index contributed by atoms with van der Waals surface area (Å²) in [5, 5.41) is 7.26. The van der Waals surface area contributed by atoms with Gasteiger partial charge >= 0.3 is 5.69 Å². The first-order valence-electron chi connectivity index (χ1n) is 10.9. The Morgan fingerprint density at radius 2 is 2.09 bits per heavy atom. The van der Waals surface area contributed by atoms with E-state index in [-0.39, 0.29) is 34.7 Å². The number of pyridine rings is 1. The topological polar surface area (TPSA) is 100 Å². The van der Waals surface area contributed by atoms with Gasteiger partial charge < -0.3 is 10.2 Å². The highest BCUT2D eigenvalue weighted by Gasteiger charge is 2.29. The van der Waals surface area contributed by atoms with Crippen molar-refractivity contribution in [3.8, 4) is 0 Å². The molecule has 9 heteroatoms. The average Bonchev–Trinajstić information content (AvgIpc) is 3.45. The lowest BCUT2D eigenvalue weighted by atomic mass is 10.1. The predicted molar refractivity (Wildman–Crippen MR) is 127 cm³/mol. The zero-order valence-corrected chi connectivity index (χ0v) is 19.7. The Morgan fingerprint density at radius 3 is 2.69 bits per heavy atom. The molecule has 8 nitrogen and oxygen atoms in total. The maximum absolute atomic E-state index is 13.3. The first-order chi connectivity index (χ1) is 15.3. The summed E-state index contributed by atoms with van der Waals surface area (Å²) in [5.41, 5.74) is 1.40. The van der Waals surface area contributed by atoms with Crippen molar-refractivity contribution < 1.29 is 4.79 Å². The molecule has 0 saturated heterocycles. The summed E-state index contributed by atoms with van der Waals surface area (Å²) in [6, 6.07) is 3.78. The number of rotatable bonds is 8. The van der Waals surface area contributed by atoms with Gasteiger partial charge in [0.1, 0.15) is 0 Å². The van der Waals surface area contributed by atoms with Crippen LogP contribution in [0.3, 0.4) is 0 Å². The second-order valence-electron chi connectivity index (χ2n) is 9.08. The summed E-state index contributed by atoms with van der Waals surface area (Å²) in [6.07, 6.45) is 2.00. The number of nitrogens with one attached hydrogen (secondary N) is 2. The van der Waals surface area contributed by atoms with Crippen LogP contribution in [0, 0.1) is 5.92 Å². The molecule has 2 N–H and O–H groups in total. The van der Waals surface area contributed by atoms with Crippen molar-refractivity contribution in [3.63, 3.8) is 0 Å². The highest BCUT2D eigenvalue weighted by Crippen LogP contribution is 2.40. The monoisotopic (exact) mass is 455 g/mol. The SMILES string of the molecule is CC(C)Cn1c(=O)[nH]c(=O)c2c(C(=O)NCC(c3ccsc3)N(C)C)cc(C3CC3)nc21. The van der Waals surface area contributed by atoms with Gasteiger partial charge in [-0.1, -0.05) is 13.8 Å². The van der Waals surface area contributed by atoms with Gasteiger partial charge in [-0.25, -0.2) is 9.78 Å². The molecule has 3 aromatic rings. The first-order valence-corrected chi connectivity index (χ1v) is 11.8. The number of carbonyl (C=O) groups excluding carboxylic acids is 1. The fourth-order valence-electron chi connectivity index (χ4n) is 3.94. The summed E-state index contributed by atoms with van der Waals surface area (Å²) in [7, 11) is 3.94. The van der Waals surface area contributed by atoms with Crippen LogP contribution in [0.15, 0.2) is 32.5 Å². The minimum atomic E-state index is -0.577. The third kappa shape index (κ3) is 4.54. The van der Waals surface area contributed by atoms with Gasteiger partial charge in [-0.2, -0.15) is 11.3 Å². The van der Waals surface area contributed by atoms with E-state index in [1.165, 1.54) is 4.57 Å². The number of aromatic nitrogens is 3. The third-order valence-electron chi connectivity index (χ3n) is 5.76. The molecule has 0 radical (unpaired) electrons. The molecule has 1 saturated carbocycles. The molecule has 1 atom stereocenters. The standard InChI is InChI=1S/C23H29N5O3S/c1-13(2)11-28-20-19(22(30)26-23(28)31)16(9-17(25-20)14-5-6-14)21(29)24-10-18(27(3)4)15-7-8-32-12-15/h7-9,12-14,18H,5-6,10-11H2,1-4H3,(H,24,29)(H,26,30,31). The molecule has 0 bridgehead atoms. The number of nitrogens with zero attached hydrogens (tertiary/aromatic N) is 3. The Bertz CT molecular complexity index is 1240. The molecule has 3 heterocycles. The van der Waals surface area contributed by atoms with E-state index in [1.807, 2.05) is 39.4 Å². The van der Waals surface area contributed by atoms with Gasteiger partial charge in [-0.15, -0.1) is 0 Å². The number of likely N-dealkylation sites (N-methyl/N-ethyl adjacent to an activating group) is 1. The van der Waals surface area contributed by atoms with E-state index in [2.05, 4.69) is 25.6 Å². The normalized spacial score (nSPS) is 14.9. The van der Waals surface area contributed by atoms with Crippen LogP contribution in [0.25, 0.3) is 11.0 Å². The number of aromatic amines is 1. The van der Waals surface area contributed by atoms with E-state index < -0.39 is 11.2 Å². The molecule has 4 rings (SSSR count). The van der Waals surface area contributed by atoms with E-state index in [0.717, 1.165) is 24.1 Å². The number of thiophene rings is 1. The molecule has 170 valence electrons. The number of carbonyl (C=O) groups is 1. The molecule has 1 aliphatic rings. The van der Waals surface area contributed by atoms with Crippen LogP contribution in [0.5, 0.6) is 0 Å². The molecule has 1 amide bonds. The summed E-state index contributed by atoms with van der Waals surface area (Å²) in [4.78, 5) is 47.8. The summed E-state index contributed by atoms with van der Waals surface area (Å²) >= 11 is 1.61. The maximum Gasteiger partial charge on any atom is 0.330 e. The summed E-state index contributed by atoms with van der Waals surface area (Å²) in [5.74, 6) is 0.117. The maximum atomic E-state index is 13.3. The quantitative estimate of drug-likeness (QED) is 0.544. The van der Waals surface area contributed by atoms with Crippen LogP contribution in [-0.4, -0.2) is 46.0 Å². The van der Waals surface area contributed by atoms with Gasteiger partial charge in [0.05, 0.1) is 17.0 Å². The Morgan fingerprint density at radius 1 is 1.34 bits per heavy atom. The number of H-pyrrole nitrogens is 1. The first kappa shape index (κ1) is 22.4. The molecule has 1 unspecified atom stereocenters. The second-order valence-corrected chi connectivity index (χ2v) is 9.86. The van der Waals surface area contributed by atoms with Crippen LogP contribution in [-0.2, 0) is 6.54 Å². The summed E-state index contributed by atoms with van der Waals surface area (Å²) < 4.78 is 1.48. The van der Waals surface area contributed by atoms with Crippen LogP contribution in [0.1, 0.15) is 60.3 Å². The van der Waals surface area contributed by atoms with Crippen molar-refractivity contribution in [2.45, 2.75) is 45.2 Å². The fraction of sp³-hybridized carbons (Fsp3) is 0.478.